The number of aliphatic hydroxyl groups excluding tert-OH is 2. The van der Waals surface area contributed by atoms with Crippen LogP contribution in [0.4, 0.5) is 29.3 Å². The topological polar surface area (TPSA) is 84.8 Å². The Hall–Kier alpha value is -2.78. The minimum absolute atomic E-state index is 0.0443. The van der Waals surface area contributed by atoms with E-state index in [0.717, 1.165) is 23.6 Å². The van der Waals surface area contributed by atoms with E-state index < -0.39 is 23.9 Å². The van der Waals surface area contributed by atoms with Crippen LogP contribution in [0, 0.1) is 5.92 Å². The smallest absolute Gasteiger partial charge is 0.396 e. The number of carbonyl (C=O) groups is 1. The van der Waals surface area contributed by atoms with Crippen LogP contribution in [-0.4, -0.2) is 42.0 Å². The fourth-order valence-electron chi connectivity index (χ4n) is 4.78. The Balaban J connectivity index is 1.45. The number of piperidine rings is 1. The van der Waals surface area contributed by atoms with Gasteiger partial charge in [-0.15, -0.1) is 0 Å². The number of aryl methyl sites for hydroxylation is 1. The maximum atomic E-state index is 13.6. The van der Waals surface area contributed by atoms with Gasteiger partial charge in [-0.05, 0) is 66.5 Å². The number of hydrogen-bond acceptors (Lipinski definition) is 4. The summed E-state index contributed by atoms with van der Waals surface area (Å²) >= 11 is 0. The predicted octanol–water partition coefficient (Wildman–Crippen LogP) is 4.09. The van der Waals surface area contributed by atoms with Gasteiger partial charge in [0.25, 0.3) is 0 Å². The molecule has 0 spiro atoms. The lowest BCUT2D eigenvalue weighted by atomic mass is 9.88. The van der Waals surface area contributed by atoms with Gasteiger partial charge < -0.3 is 25.7 Å². The molecular weight excluding hydrogens is 447 g/mol. The molecule has 1 heterocycles. The van der Waals surface area contributed by atoms with Gasteiger partial charge in [0.15, 0.2) is 0 Å². The highest BCUT2D eigenvalue weighted by atomic mass is 19.4. The Morgan fingerprint density at radius 1 is 1.12 bits per heavy atom. The van der Waals surface area contributed by atoms with Crippen molar-refractivity contribution in [2.45, 2.75) is 50.9 Å². The van der Waals surface area contributed by atoms with Gasteiger partial charge in [-0.2, -0.15) is 13.2 Å². The zero-order valence-corrected chi connectivity index (χ0v) is 18.9. The molecule has 1 fully saturated rings. The number of anilines is 2. The van der Waals surface area contributed by atoms with Crippen LogP contribution in [0.25, 0.3) is 0 Å². The summed E-state index contributed by atoms with van der Waals surface area (Å²) in [4.78, 5) is 14.2. The molecule has 1 unspecified atom stereocenters. The molecule has 0 aromatic heterocycles. The number of carbonyl (C=O) groups excluding carboxylic acids is 1. The fourth-order valence-corrected chi connectivity index (χ4v) is 4.78. The van der Waals surface area contributed by atoms with Gasteiger partial charge >= 0.3 is 12.2 Å². The summed E-state index contributed by atoms with van der Waals surface area (Å²) in [5.74, 6) is 0.115. The van der Waals surface area contributed by atoms with E-state index >= 15 is 0 Å². The Kier molecular flexibility index (Phi) is 7.33. The summed E-state index contributed by atoms with van der Waals surface area (Å²) in [6.45, 7) is 0.998. The van der Waals surface area contributed by atoms with Gasteiger partial charge in [-0.25, -0.2) is 4.79 Å². The highest BCUT2D eigenvalue weighted by Gasteiger charge is 2.35. The summed E-state index contributed by atoms with van der Waals surface area (Å²) in [5, 5.41) is 24.8. The maximum Gasteiger partial charge on any atom is 0.418 e. The average Bonchev–Trinajstić information content (AvgIpc) is 2.82. The molecular formula is C25H30F3N3O3. The number of nitrogens with zero attached hydrogens (tertiary/aromatic N) is 1. The average molecular weight is 478 g/mol. The second-order valence-corrected chi connectivity index (χ2v) is 9.11. The largest absolute Gasteiger partial charge is 0.418 e. The Bertz CT molecular complexity index is 1020. The standard InChI is InChI=1S/C25H30F3N3O3/c26-25(27,28)21-7-4-17(12-23(21)31-10-8-16(15-32)9-11-31)14-29-24(34)30-22-3-1-2-18-5-6-19(33)13-20(18)22/h1-4,7,12,16,19,32-33H,5-6,8-11,13-15H2,(H2,29,30,34). The number of nitrogens with one attached hydrogen (secondary N) is 2. The maximum absolute atomic E-state index is 13.6. The number of benzene rings is 2. The summed E-state index contributed by atoms with van der Waals surface area (Å²) < 4.78 is 40.9. The first-order valence-corrected chi connectivity index (χ1v) is 11.6. The van der Waals surface area contributed by atoms with Crippen molar-refractivity contribution in [3.05, 3.63) is 58.7 Å². The third kappa shape index (κ3) is 5.64. The molecule has 2 aromatic rings. The third-order valence-electron chi connectivity index (χ3n) is 6.74. The molecule has 9 heteroatoms. The van der Waals surface area contributed by atoms with Crippen molar-refractivity contribution >= 4 is 17.4 Å². The quantitative estimate of drug-likeness (QED) is 0.523. The number of urea groups is 1. The van der Waals surface area contributed by atoms with Crippen molar-refractivity contribution in [3.63, 3.8) is 0 Å². The molecule has 0 radical (unpaired) electrons. The van der Waals surface area contributed by atoms with Gasteiger partial charge in [-0.3, -0.25) is 0 Å². The highest BCUT2D eigenvalue weighted by molar-refractivity contribution is 5.90. The zero-order chi connectivity index (χ0) is 24.3. The fraction of sp³-hybridized carbons (Fsp3) is 0.480. The van der Waals surface area contributed by atoms with Crippen molar-refractivity contribution in [3.8, 4) is 0 Å². The van der Waals surface area contributed by atoms with Crippen molar-refractivity contribution < 1.29 is 28.2 Å². The molecule has 4 N–H and O–H groups in total. The minimum Gasteiger partial charge on any atom is -0.396 e. The predicted molar refractivity (Wildman–Crippen MR) is 124 cm³/mol. The number of amides is 2. The zero-order valence-electron chi connectivity index (χ0n) is 18.9. The van der Waals surface area contributed by atoms with Crippen LogP contribution in [0.2, 0.25) is 0 Å². The van der Waals surface area contributed by atoms with Crippen LogP contribution in [0.15, 0.2) is 36.4 Å². The molecule has 2 aliphatic rings. The first kappa shape index (κ1) is 24.3. The Labute approximate surface area is 196 Å². The number of aliphatic hydroxyl groups is 2. The van der Waals surface area contributed by atoms with E-state index in [4.69, 9.17) is 0 Å². The highest BCUT2D eigenvalue weighted by Crippen LogP contribution is 2.38. The van der Waals surface area contributed by atoms with Crippen LogP contribution in [0.3, 0.4) is 0 Å². The van der Waals surface area contributed by atoms with Gasteiger partial charge in [0.2, 0.25) is 0 Å². The molecule has 34 heavy (non-hydrogen) atoms. The summed E-state index contributed by atoms with van der Waals surface area (Å²) in [5.41, 5.74) is 2.62. The van der Waals surface area contributed by atoms with Crippen molar-refractivity contribution in [2.24, 2.45) is 5.92 Å². The summed E-state index contributed by atoms with van der Waals surface area (Å²) in [7, 11) is 0. The first-order valence-electron chi connectivity index (χ1n) is 11.6. The Morgan fingerprint density at radius 2 is 1.88 bits per heavy atom. The van der Waals surface area contributed by atoms with E-state index in [2.05, 4.69) is 10.6 Å². The Morgan fingerprint density at radius 3 is 2.59 bits per heavy atom. The molecule has 1 aliphatic heterocycles. The molecule has 184 valence electrons. The minimum atomic E-state index is -4.48. The van der Waals surface area contributed by atoms with Crippen molar-refractivity contribution in [2.75, 3.05) is 29.9 Å². The number of rotatable bonds is 5. The molecule has 4 rings (SSSR count). The monoisotopic (exact) mass is 477 g/mol. The van der Waals surface area contributed by atoms with Crippen molar-refractivity contribution in [1.29, 1.82) is 0 Å². The van der Waals surface area contributed by atoms with E-state index in [-0.39, 0.29) is 24.8 Å². The van der Waals surface area contributed by atoms with E-state index in [1.54, 1.807) is 11.0 Å². The molecule has 1 saturated heterocycles. The van der Waals surface area contributed by atoms with Gasteiger partial charge in [-0.1, -0.05) is 18.2 Å². The number of halogens is 3. The van der Waals surface area contributed by atoms with Crippen LogP contribution < -0.4 is 15.5 Å². The summed E-state index contributed by atoms with van der Waals surface area (Å²) in [6.07, 6.45) is -1.74. The molecule has 0 bridgehead atoms. The molecule has 1 aliphatic carbocycles. The molecule has 6 nitrogen and oxygen atoms in total. The van der Waals surface area contributed by atoms with E-state index in [1.165, 1.54) is 12.1 Å². The second-order valence-electron chi connectivity index (χ2n) is 9.11. The number of hydrogen-bond donors (Lipinski definition) is 4. The lowest BCUT2D eigenvalue weighted by Gasteiger charge is -2.34. The van der Waals surface area contributed by atoms with Crippen molar-refractivity contribution in [1.82, 2.24) is 5.32 Å². The van der Waals surface area contributed by atoms with Crippen LogP contribution in [0.5, 0.6) is 0 Å². The molecule has 0 saturated carbocycles. The van der Waals surface area contributed by atoms with Crippen LogP contribution in [0.1, 0.15) is 41.5 Å². The molecule has 2 amide bonds. The lowest BCUT2D eigenvalue weighted by Crippen LogP contribution is -2.36. The SMILES string of the molecule is O=C(NCc1ccc(C(F)(F)F)c(N2CCC(CO)CC2)c1)Nc1cccc2c1CC(O)CC2. The molecule has 2 aromatic carbocycles. The van der Waals surface area contributed by atoms with Gasteiger partial charge in [0.05, 0.1) is 11.7 Å². The van der Waals surface area contributed by atoms with E-state index in [1.807, 2.05) is 12.1 Å². The van der Waals surface area contributed by atoms with Gasteiger partial charge in [0.1, 0.15) is 0 Å². The normalized spacial score (nSPS) is 19.0. The number of alkyl halides is 3. The third-order valence-corrected chi connectivity index (χ3v) is 6.74. The van der Waals surface area contributed by atoms with E-state index in [9.17, 15) is 28.2 Å². The summed E-state index contributed by atoms with van der Waals surface area (Å²) in [6, 6.07) is 9.10. The number of fused-ring (bicyclic) bond motifs is 1. The second kappa shape index (κ2) is 10.2. The lowest BCUT2D eigenvalue weighted by molar-refractivity contribution is -0.137. The van der Waals surface area contributed by atoms with Crippen LogP contribution in [-0.2, 0) is 25.6 Å². The van der Waals surface area contributed by atoms with Gasteiger partial charge in [0, 0.05) is 44.0 Å². The van der Waals surface area contributed by atoms with E-state index in [0.29, 0.717) is 50.0 Å². The molecule has 1 atom stereocenters. The van der Waals surface area contributed by atoms with Crippen LogP contribution >= 0.6 is 0 Å². The first-order chi connectivity index (χ1) is 16.2.